The maximum atomic E-state index is 11.8. The van der Waals surface area contributed by atoms with Gasteiger partial charge in [-0.3, -0.25) is 9.69 Å². The number of hydrogen-bond acceptors (Lipinski definition) is 2. The van der Waals surface area contributed by atoms with Gasteiger partial charge in [-0.25, -0.2) is 0 Å². The molecule has 0 saturated heterocycles. The molecular formula is C13H28N2O. The van der Waals surface area contributed by atoms with Crippen molar-refractivity contribution in [1.82, 2.24) is 10.2 Å². The Hall–Kier alpha value is -0.570. The summed E-state index contributed by atoms with van der Waals surface area (Å²) in [6.45, 7) is 12.4. The van der Waals surface area contributed by atoms with Gasteiger partial charge in [0.05, 0.1) is 6.04 Å². The van der Waals surface area contributed by atoms with Gasteiger partial charge in [-0.2, -0.15) is 0 Å². The summed E-state index contributed by atoms with van der Waals surface area (Å²) in [6, 6.07) is -0.0453. The number of rotatable bonds is 6. The lowest BCUT2D eigenvalue weighted by atomic mass is 9.95. The highest BCUT2D eigenvalue weighted by Gasteiger charge is 2.21. The number of hydrogen-bond donors (Lipinski definition) is 1. The minimum atomic E-state index is -0.0453. The second-order valence-electron chi connectivity index (χ2n) is 5.80. The third kappa shape index (κ3) is 6.83. The van der Waals surface area contributed by atoms with Gasteiger partial charge in [0.15, 0.2) is 0 Å². The summed E-state index contributed by atoms with van der Waals surface area (Å²) in [5, 5.41) is 2.97. The molecule has 0 aromatic heterocycles. The summed E-state index contributed by atoms with van der Waals surface area (Å²) < 4.78 is 0. The van der Waals surface area contributed by atoms with E-state index in [9.17, 15) is 4.79 Å². The Morgan fingerprint density at radius 1 is 1.38 bits per heavy atom. The van der Waals surface area contributed by atoms with Crippen molar-refractivity contribution in [2.24, 2.45) is 5.41 Å². The van der Waals surface area contributed by atoms with Crippen molar-refractivity contribution in [2.75, 3.05) is 20.1 Å². The average Bonchev–Trinajstić information content (AvgIpc) is 2.14. The molecule has 96 valence electrons. The first-order valence-electron chi connectivity index (χ1n) is 6.26. The van der Waals surface area contributed by atoms with E-state index in [-0.39, 0.29) is 17.4 Å². The average molecular weight is 228 g/mol. The van der Waals surface area contributed by atoms with Crippen molar-refractivity contribution in [1.29, 1.82) is 0 Å². The van der Waals surface area contributed by atoms with Crippen LogP contribution >= 0.6 is 0 Å². The molecule has 0 aromatic rings. The lowest BCUT2D eigenvalue weighted by Gasteiger charge is -2.30. The SMILES string of the molecule is CCCCNC(=O)[C@@H](C)N(C)CC(C)(C)C. The Balaban J connectivity index is 4.01. The first-order valence-corrected chi connectivity index (χ1v) is 6.26. The Kier molecular flexibility index (Phi) is 6.65. The van der Waals surface area contributed by atoms with Crippen LogP contribution in [0.2, 0.25) is 0 Å². The largest absolute Gasteiger partial charge is 0.355 e. The normalized spacial score (nSPS) is 13.9. The van der Waals surface area contributed by atoms with E-state index in [0.29, 0.717) is 0 Å². The molecule has 1 amide bonds. The maximum Gasteiger partial charge on any atom is 0.237 e. The van der Waals surface area contributed by atoms with Crippen molar-refractivity contribution in [3.8, 4) is 0 Å². The third-order valence-electron chi connectivity index (χ3n) is 2.59. The number of unbranched alkanes of at least 4 members (excludes halogenated alkanes) is 1. The van der Waals surface area contributed by atoms with Gasteiger partial charge in [-0.05, 0) is 25.8 Å². The van der Waals surface area contributed by atoms with Crippen molar-refractivity contribution in [3.05, 3.63) is 0 Å². The molecule has 0 aliphatic rings. The van der Waals surface area contributed by atoms with E-state index < -0.39 is 0 Å². The predicted octanol–water partition coefficient (Wildman–Crippen LogP) is 2.27. The zero-order valence-electron chi connectivity index (χ0n) is 11.8. The topological polar surface area (TPSA) is 32.3 Å². The van der Waals surface area contributed by atoms with Gasteiger partial charge in [0.25, 0.3) is 0 Å². The summed E-state index contributed by atoms with van der Waals surface area (Å²) in [5.41, 5.74) is 0.229. The number of carbonyl (C=O) groups excluding carboxylic acids is 1. The van der Waals surface area contributed by atoms with Crippen LogP contribution in [-0.2, 0) is 4.79 Å². The lowest BCUT2D eigenvalue weighted by molar-refractivity contribution is -0.125. The molecule has 0 unspecified atom stereocenters. The van der Waals surface area contributed by atoms with Crippen LogP contribution in [0.15, 0.2) is 0 Å². The molecule has 0 heterocycles. The van der Waals surface area contributed by atoms with Crippen LogP contribution in [0, 0.1) is 5.41 Å². The van der Waals surface area contributed by atoms with Gasteiger partial charge in [0.2, 0.25) is 5.91 Å². The predicted molar refractivity (Wildman–Crippen MR) is 69.5 cm³/mol. The highest BCUT2D eigenvalue weighted by atomic mass is 16.2. The van der Waals surface area contributed by atoms with Crippen LogP contribution < -0.4 is 5.32 Å². The smallest absolute Gasteiger partial charge is 0.237 e. The molecular weight excluding hydrogens is 200 g/mol. The highest BCUT2D eigenvalue weighted by Crippen LogP contribution is 2.15. The molecule has 0 saturated carbocycles. The zero-order chi connectivity index (χ0) is 12.8. The summed E-state index contributed by atoms with van der Waals surface area (Å²) in [7, 11) is 2.01. The first-order chi connectivity index (χ1) is 7.28. The molecule has 1 atom stereocenters. The van der Waals surface area contributed by atoms with Crippen molar-refractivity contribution in [3.63, 3.8) is 0 Å². The Labute approximate surface area is 101 Å². The van der Waals surface area contributed by atoms with Crippen LogP contribution in [0.4, 0.5) is 0 Å². The molecule has 0 spiro atoms. The van der Waals surface area contributed by atoms with Crippen LogP contribution in [-0.4, -0.2) is 37.0 Å². The van der Waals surface area contributed by atoms with E-state index in [2.05, 4.69) is 37.9 Å². The van der Waals surface area contributed by atoms with Gasteiger partial charge in [0, 0.05) is 13.1 Å². The molecule has 3 heteroatoms. The van der Waals surface area contributed by atoms with Crippen LogP contribution in [0.3, 0.4) is 0 Å². The van der Waals surface area contributed by atoms with E-state index in [1.807, 2.05) is 14.0 Å². The van der Waals surface area contributed by atoms with E-state index in [4.69, 9.17) is 0 Å². The quantitative estimate of drug-likeness (QED) is 0.707. The number of amides is 1. The van der Waals surface area contributed by atoms with Crippen molar-refractivity contribution < 1.29 is 4.79 Å². The van der Waals surface area contributed by atoms with Crippen molar-refractivity contribution in [2.45, 2.75) is 53.5 Å². The molecule has 0 aromatic carbocycles. The highest BCUT2D eigenvalue weighted by molar-refractivity contribution is 5.81. The minimum absolute atomic E-state index is 0.0453. The standard InChI is InChI=1S/C13H28N2O/c1-7-8-9-14-12(16)11(2)15(6)10-13(3,4)5/h11H,7-10H2,1-6H3,(H,14,16)/t11-/m1/s1. The third-order valence-corrected chi connectivity index (χ3v) is 2.59. The van der Waals surface area contributed by atoms with E-state index in [0.717, 1.165) is 25.9 Å². The monoisotopic (exact) mass is 228 g/mol. The fourth-order valence-electron chi connectivity index (χ4n) is 1.62. The Morgan fingerprint density at radius 2 is 1.94 bits per heavy atom. The zero-order valence-corrected chi connectivity index (χ0v) is 11.8. The number of carbonyl (C=O) groups is 1. The molecule has 0 bridgehead atoms. The summed E-state index contributed by atoms with van der Waals surface area (Å²) in [5.74, 6) is 0.139. The second kappa shape index (κ2) is 6.89. The minimum Gasteiger partial charge on any atom is -0.355 e. The van der Waals surface area contributed by atoms with Crippen molar-refractivity contribution >= 4 is 5.91 Å². The summed E-state index contributed by atoms with van der Waals surface area (Å²) in [4.78, 5) is 13.9. The number of nitrogens with one attached hydrogen (secondary N) is 1. The van der Waals surface area contributed by atoms with E-state index in [1.165, 1.54) is 0 Å². The van der Waals surface area contributed by atoms with E-state index in [1.54, 1.807) is 0 Å². The molecule has 1 N–H and O–H groups in total. The van der Waals surface area contributed by atoms with Gasteiger partial charge < -0.3 is 5.32 Å². The van der Waals surface area contributed by atoms with E-state index >= 15 is 0 Å². The fraction of sp³-hybridized carbons (Fsp3) is 0.923. The van der Waals surface area contributed by atoms with Gasteiger partial charge in [-0.1, -0.05) is 34.1 Å². The van der Waals surface area contributed by atoms with Crippen LogP contribution in [0.5, 0.6) is 0 Å². The van der Waals surface area contributed by atoms with Crippen LogP contribution in [0.1, 0.15) is 47.5 Å². The summed E-state index contributed by atoms with van der Waals surface area (Å²) >= 11 is 0. The Morgan fingerprint density at radius 3 is 2.38 bits per heavy atom. The summed E-state index contributed by atoms with van der Waals surface area (Å²) in [6.07, 6.45) is 2.17. The fourth-order valence-corrected chi connectivity index (χ4v) is 1.62. The van der Waals surface area contributed by atoms with Gasteiger partial charge in [0.1, 0.15) is 0 Å². The molecule has 3 nitrogen and oxygen atoms in total. The molecule has 0 rings (SSSR count). The van der Waals surface area contributed by atoms with Gasteiger partial charge >= 0.3 is 0 Å². The molecule has 16 heavy (non-hydrogen) atoms. The second-order valence-corrected chi connectivity index (χ2v) is 5.80. The molecule has 0 aliphatic carbocycles. The molecule has 0 aliphatic heterocycles. The maximum absolute atomic E-state index is 11.8. The molecule has 0 radical (unpaired) electrons. The number of likely N-dealkylation sites (N-methyl/N-ethyl adjacent to an activating group) is 1. The first kappa shape index (κ1) is 15.4. The Bertz CT molecular complexity index is 208. The lowest BCUT2D eigenvalue weighted by Crippen LogP contribution is -2.46. The van der Waals surface area contributed by atoms with Gasteiger partial charge in [-0.15, -0.1) is 0 Å². The molecule has 0 fully saturated rings. The number of nitrogens with zero attached hydrogens (tertiary/aromatic N) is 1. The van der Waals surface area contributed by atoms with Crippen LogP contribution in [0.25, 0.3) is 0 Å².